The number of carbonyl (C=O) groups excluding carboxylic acids is 2. The lowest BCUT2D eigenvalue weighted by Crippen LogP contribution is -2.28. The molecule has 1 heterocycles. The molecule has 0 aliphatic carbocycles. The van der Waals surface area contributed by atoms with Crippen LogP contribution in [-0.4, -0.2) is 41.9 Å². The van der Waals surface area contributed by atoms with Gasteiger partial charge in [-0.15, -0.1) is 0 Å². The summed E-state index contributed by atoms with van der Waals surface area (Å²) in [5.41, 5.74) is 0.998. The van der Waals surface area contributed by atoms with Gasteiger partial charge in [-0.1, -0.05) is 11.2 Å². The number of nitrogens with one attached hydrogen (secondary N) is 4. The van der Waals surface area contributed by atoms with Gasteiger partial charge in [-0.2, -0.15) is 4.98 Å². The number of rotatable bonds is 7. The van der Waals surface area contributed by atoms with E-state index >= 15 is 0 Å². The van der Waals surface area contributed by atoms with Gasteiger partial charge < -0.3 is 25.2 Å². The van der Waals surface area contributed by atoms with E-state index in [1.165, 1.54) is 13.1 Å². The molecule has 31 heavy (non-hydrogen) atoms. The summed E-state index contributed by atoms with van der Waals surface area (Å²) in [6.07, 6.45) is 2.97. The molecule has 2 aromatic carbocycles. The summed E-state index contributed by atoms with van der Waals surface area (Å²) in [6.45, 7) is 0. The summed E-state index contributed by atoms with van der Waals surface area (Å²) in [5, 5.41) is 19.1. The Balaban J connectivity index is 1.67. The third kappa shape index (κ3) is 5.54. The minimum absolute atomic E-state index is 0.0395. The average Bonchev–Trinajstić information content (AvgIpc) is 3.28. The highest BCUT2D eigenvalue weighted by Crippen LogP contribution is 2.25. The van der Waals surface area contributed by atoms with Crippen molar-refractivity contribution >= 4 is 17.6 Å². The van der Waals surface area contributed by atoms with Crippen LogP contribution in [0.2, 0.25) is 0 Å². The predicted octanol–water partition coefficient (Wildman–Crippen LogP) is 2.33. The van der Waals surface area contributed by atoms with E-state index in [4.69, 9.17) is 14.7 Å². The van der Waals surface area contributed by atoms with Crippen molar-refractivity contribution in [1.29, 1.82) is 5.41 Å². The maximum Gasteiger partial charge on any atom is 0.316 e. The quantitative estimate of drug-likeness (QED) is 0.339. The van der Waals surface area contributed by atoms with E-state index in [0.29, 0.717) is 22.6 Å². The van der Waals surface area contributed by atoms with Gasteiger partial charge >= 0.3 is 11.8 Å². The van der Waals surface area contributed by atoms with Crippen LogP contribution in [0.1, 0.15) is 21.0 Å². The van der Waals surface area contributed by atoms with E-state index in [-0.39, 0.29) is 17.6 Å². The lowest BCUT2D eigenvalue weighted by Gasteiger charge is -2.08. The largest absolute Gasteiger partial charge is 0.457 e. The molecule has 4 N–H and O–H groups in total. The summed E-state index contributed by atoms with van der Waals surface area (Å²) >= 11 is 0. The summed E-state index contributed by atoms with van der Waals surface area (Å²) in [7, 11) is 3.17. The zero-order valence-corrected chi connectivity index (χ0v) is 16.8. The fourth-order valence-corrected chi connectivity index (χ4v) is 2.45. The Kier molecular flexibility index (Phi) is 6.74. The first-order valence-corrected chi connectivity index (χ1v) is 9.18. The lowest BCUT2D eigenvalue weighted by atomic mass is 10.2. The van der Waals surface area contributed by atoms with Gasteiger partial charge in [-0.25, -0.2) is 0 Å². The first kappa shape index (κ1) is 21.2. The van der Waals surface area contributed by atoms with Gasteiger partial charge in [0.15, 0.2) is 0 Å². The van der Waals surface area contributed by atoms with Crippen molar-refractivity contribution in [3.63, 3.8) is 0 Å². The zero-order chi connectivity index (χ0) is 22.2. The van der Waals surface area contributed by atoms with Gasteiger partial charge in [0.05, 0.1) is 0 Å². The molecular formula is C21H20N6O4. The Morgan fingerprint density at radius 1 is 1.06 bits per heavy atom. The van der Waals surface area contributed by atoms with E-state index in [9.17, 15) is 9.59 Å². The second-order valence-electron chi connectivity index (χ2n) is 6.15. The van der Waals surface area contributed by atoms with Crippen LogP contribution in [0.25, 0.3) is 11.4 Å². The Labute approximate surface area is 177 Å². The molecule has 0 fully saturated rings. The molecule has 158 valence electrons. The molecule has 0 radical (unpaired) electrons. The van der Waals surface area contributed by atoms with Crippen LogP contribution >= 0.6 is 0 Å². The third-order valence-corrected chi connectivity index (χ3v) is 3.96. The summed E-state index contributed by atoms with van der Waals surface area (Å²) < 4.78 is 10.7. The van der Waals surface area contributed by atoms with E-state index in [2.05, 4.69) is 26.1 Å². The number of carbonyl (C=O) groups is 2. The van der Waals surface area contributed by atoms with E-state index in [1.54, 1.807) is 61.8 Å². The molecule has 0 saturated carbocycles. The number of ether oxygens (including phenoxy) is 1. The highest BCUT2D eigenvalue weighted by molar-refractivity contribution is 6.09. The van der Waals surface area contributed by atoms with Gasteiger partial charge in [0.1, 0.15) is 17.3 Å². The Hall–Kier alpha value is -4.47. The van der Waals surface area contributed by atoms with Crippen molar-refractivity contribution in [1.82, 2.24) is 26.1 Å². The molecule has 2 amide bonds. The fraction of sp³-hybridized carbons (Fsp3) is 0.0952. The number of aromatic nitrogens is 2. The standard InChI is InChI=1S/C21H20N6O4/c1-23-11-10-17(22)25-19(28)14-4-3-5-16(12-14)30-15-8-6-13(7-9-15)18-26-21(31-27-18)20(29)24-2/h3-12,23H,1-2H3,(H,24,29)(H2,22,25,28)/b11-10-. The summed E-state index contributed by atoms with van der Waals surface area (Å²) in [4.78, 5) is 27.8. The monoisotopic (exact) mass is 420 g/mol. The third-order valence-electron chi connectivity index (χ3n) is 3.96. The first-order valence-electron chi connectivity index (χ1n) is 9.18. The molecular weight excluding hydrogens is 400 g/mol. The molecule has 0 spiro atoms. The molecule has 3 rings (SSSR count). The van der Waals surface area contributed by atoms with Crippen molar-refractivity contribution in [3.05, 3.63) is 72.3 Å². The molecule has 0 saturated heterocycles. The molecule has 0 aliphatic rings. The SMILES string of the molecule is CN/C=C\C(=N)NC(=O)c1cccc(Oc2ccc(-c3noc(C(=O)NC)n3)cc2)c1. The van der Waals surface area contributed by atoms with Crippen LogP contribution in [0, 0.1) is 5.41 Å². The van der Waals surface area contributed by atoms with Crippen molar-refractivity contribution in [3.8, 4) is 22.9 Å². The number of hydrogen-bond acceptors (Lipinski definition) is 8. The predicted molar refractivity (Wildman–Crippen MR) is 113 cm³/mol. The van der Waals surface area contributed by atoms with E-state index in [0.717, 1.165) is 0 Å². The molecule has 1 aromatic heterocycles. The Morgan fingerprint density at radius 3 is 2.55 bits per heavy atom. The fourth-order valence-electron chi connectivity index (χ4n) is 2.45. The normalized spacial score (nSPS) is 10.5. The number of benzene rings is 2. The molecule has 0 aliphatic heterocycles. The number of nitrogens with zero attached hydrogens (tertiary/aromatic N) is 2. The number of amidine groups is 1. The zero-order valence-electron chi connectivity index (χ0n) is 16.8. The van der Waals surface area contributed by atoms with Crippen molar-refractivity contribution < 1.29 is 18.8 Å². The van der Waals surface area contributed by atoms with Crippen LogP contribution in [0.15, 0.2) is 65.3 Å². The minimum atomic E-state index is -0.462. The first-order chi connectivity index (χ1) is 15.0. The molecule has 10 heteroatoms. The summed E-state index contributed by atoms with van der Waals surface area (Å²) in [5.74, 6) is 0.218. The molecule has 10 nitrogen and oxygen atoms in total. The second kappa shape index (κ2) is 9.83. The number of amides is 2. The van der Waals surface area contributed by atoms with Crippen LogP contribution in [-0.2, 0) is 0 Å². The Morgan fingerprint density at radius 2 is 1.84 bits per heavy atom. The number of hydrogen-bond donors (Lipinski definition) is 4. The van der Waals surface area contributed by atoms with Gasteiger partial charge in [-0.05, 0) is 54.7 Å². The van der Waals surface area contributed by atoms with Gasteiger partial charge in [0.25, 0.3) is 5.91 Å². The topological polar surface area (TPSA) is 142 Å². The molecule has 3 aromatic rings. The Bertz CT molecular complexity index is 1120. The van der Waals surface area contributed by atoms with Gasteiger partial charge in [0.2, 0.25) is 5.82 Å². The second-order valence-corrected chi connectivity index (χ2v) is 6.15. The molecule has 0 bridgehead atoms. The highest BCUT2D eigenvalue weighted by Gasteiger charge is 2.14. The maximum atomic E-state index is 12.3. The highest BCUT2D eigenvalue weighted by atomic mass is 16.5. The molecule has 0 atom stereocenters. The average molecular weight is 420 g/mol. The van der Waals surface area contributed by atoms with Crippen molar-refractivity contribution in [2.24, 2.45) is 0 Å². The smallest absolute Gasteiger partial charge is 0.316 e. The van der Waals surface area contributed by atoms with Gasteiger partial charge in [-0.3, -0.25) is 15.0 Å². The minimum Gasteiger partial charge on any atom is -0.457 e. The maximum absolute atomic E-state index is 12.3. The van der Waals surface area contributed by atoms with Crippen LogP contribution in [0.3, 0.4) is 0 Å². The van der Waals surface area contributed by atoms with E-state index in [1.807, 2.05) is 0 Å². The summed E-state index contributed by atoms with van der Waals surface area (Å²) in [6, 6.07) is 13.5. The molecule has 0 unspecified atom stereocenters. The van der Waals surface area contributed by atoms with Crippen molar-refractivity contribution in [2.75, 3.05) is 14.1 Å². The van der Waals surface area contributed by atoms with E-state index < -0.39 is 11.8 Å². The van der Waals surface area contributed by atoms with Crippen LogP contribution < -0.4 is 20.7 Å². The van der Waals surface area contributed by atoms with Gasteiger partial charge in [0, 0.05) is 25.2 Å². The van der Waals surface area contributed by atoms with Crippen LogP contribution in [0.5, 0.6) is 11.5 Å². The van der Waals surface area contributed by atoms with Crippen molar-refractivity contribution in [2.45, 2.75) is 0 Å². The lowest BCUT2D eigenvalue weighted by molar-refractivity contribution is 0.0918. The van der Waals surface area contributed by atoms with Crippen LogP contribution in [0.4, 0.5) is 0 Å².